The number of carbonyl (C=O) groups is 1. The summed E-state index contributed by atoms with van der Waals surface area (Å²) in [4.78, 5) is 11.8. The smallest absolute Gasteiger partial charge is 0.254 e. The first-order valence-corrected chi connectivity index (χ1v) is 6.21. The second-order valence-corrected chi connectivity index (χ2v) is 4.94. The Hall–Kier alpha value is -1.95. The van der Waals surface area contributed by atoms with E-state index < -0.39 is 11.8 Å². The summed E-state index contributed by atoms with van der Waals surface area (Å²) in [5.74, 6) is 1.38. The molecule has 0 spiro atoms. The van der Waals surface area contributed by atoms with Gasteiger partial charge in [0.1, 0.15) is 5.60 Å². The Kier molecular flexibility index (Phi) is 3.76. The van der Waals surface area contributed by atoms with E-state index in [2.05, 4.69) is 5.32 Å². The fraction of sp³-hybridized carbons (Fsp3) is 0.500. The maximum atomic E-state index is 11.8. The van der Waals surface area contributed by atoms with Crippen molar-refractivity contribution >= 4 is 5.91 Å². The quantitative estimate of drug-likeness (QED) is 0.908. The zero-order chi connectivity index (χ0) is 14.9. The van der Waals surface area contributed by atoms with Gasteiger partial charge in [-0.2, -0.15) is 0 Å². The number of benzene rings is 1. The fourth-order valence-corrected chi connectivity index (χ4v) is 2.07. The highest BCUT2D eigenvalue weighted by atomic mass is 16.5. The molecule has 0 saturated carbocycles. The molecule has 0 bridgehead atoms. The molecule has 6 heteroatoms. The molecular formula is C14H19NO5. The van der Waals surface area contributed by atoms with Crippen molar-refractivity contribution in [3.05, 3.63) is 17.7 Å². The number of carbonyl (C=O) groups excluding carboxylic acids is 1. The van der Waals surface area contributed by atoms with Gasteiger partial charge in [0, 0.05) is 5.56 Å². The van der Waals surface area contributed by atoms with Crippen LogP contribution in [0.2, 0.25) is 0 Å². The van der Waals surface area contributed by atoms with Gasteiger partial charge in [-0.05, 0) is 26.0 Å². The minimum atomic E-state index is -0.856. The van der Waals surface area contributed by atoms with E-state index in [1.54, 1.807) is 40.2 Å². The molecule has 1 N–H and O–H groups in total. The molecule has 1 amide bonds. The molecule has 110 valence electrons. The number of methoxy groups -OCH3 is 3. The zero-order valence-electron chi connectivity index (χ0n) is 12.3. The van der Waals surface area contributed by atoms with E-state index in [0.717, 1.165) is 5.56 Å². The molecule has 1 aromatic carbocycles. The van der Waals surface area contributed by atoms with Crippen LogP contribution in [0.15, 0.2) is 12.1 Å². The summed E-state index contributed by atoms with van der Waals surface area (Å²) in [7, 11) is 4.62. The summed E-state index contributed by atoms with van der Waals surface area (Å²) in [6.45, 7) is 3.45. The lowest BCUT2D eigenvalue weighted by atomic mass is 10.1. The van der Waals surface area contributed by atoms with Crippen LogP contribution < -0.4 is 19.5 Å². The van der Waals surface area contributed by atoms with Crippen molar-refractivity contribution in [3.8, 4) is 17.2 Å². The molecule has 0 unspecified atom stereocenters. The molecule has 20 heavy (non-hydrogen) atoms. The average molecular weight is 281 g/mol. The van der Waals surface area contributed by atoms with E-state index in [9.17, 15) is 4.79 Å². The molecule has 0 aromatic heterocycles. The van der Waals surface area contributed by atoms with Crippen molar-refractivity contribution in [3.63, 3.8) is 0 Å². The Morgan fingerprint density at radius 3 is 2.00 bits per heavy atom. The molecule has 1 atom stereocenters. The molecule has 6 nitrogen and oxygen atoms in total. The normalized spacial score (nSPS) is 20.4. The van der Waals surface area contributed by atoms with Crippen molar-refractivity contribution in [2.45, 2.75) is 25.7 Å². The summed E-state index contributed by atoms with van der Waals surface area (Å²) < 4.78 is 21.5. The van der Waals surface area contributed by atoms with Gasteiger partial charge in [0.25, 0.3) is 5.91 Å². The summed E-state index contributed by atoms with van der Waals surface area (Å²) in [6, 6.07) is 3.52. The SMILES string of the molecule is COc1cc([C@H]2NC(=O)C(C)(C)O2)cc(OC)c1OC. The molecule has 1 saturated heterocycles. The zero-order valence-corrected chi connectivity index (χ0v) is 12.3. The summed E-state index contributed by atoms with van der Waals surface area (Å²) in [6.07, 6.45) is -0.536. The van der Waals surface area contributed by atoms with E-state index in [1.165, 1.54) is 7.11 Å². The van der Waals surface area contributed by atoms with Gasteiger partial charge in [-0.15, -0.1) is 0 Å². The van der Waals surface area contributed by atoms with Crippen LogP contribution in [-0.4, -0.2) is 32.8 Å². The van der Waals surface area contributed by atoms with Gasteiger partial charge in [0.15, 0.2) is 17.7 Å². The van der Waals surface area contributed by atoms with Crippen LogP contribution in [0, 0.1) is 0 Å². The van der Waals surface area contributed by atoms with Crippen LogP contribution in [-0.2, 0) is 9.53 Å². The Labute approximate surface area is 118 Å². The Bertz CT molecular complexity index is 501. The second-order valence-electron chi connectivity index (χ2n) is 4.94. The molecule has 0 radical (unpaired) electrons. The van der Waals surface area contributed by atoms with Crippen molar-refractivity contribution < 1.29 is 23.7 Å². The molecule has 1 aromatic rings. The topological polar surface area (TPSA) is 66.0 Å². The van der Waals surface area contributed by atoms with Gasteiger partial charge in [0.05, 0.1) is 21.3 Å². The standard InChI is InChI=1S/C14H19NO5/c1-14(2)13(16)15-12(20-14)8-6-9(17-3)11(19-5)10(7-8)18-4/h6-7,12H,1-5H3,(H,15,16)/t12-/m0/s1. The first-order chi connectivity index (χ1) is 9.42. The van der Waals surface area contributed by atoms with Crippen molar-refractivity contribution in [2.24, 2.45) is 0 Å². The molecule has 1 fully saturated rings. The fourth-order valence-electron chi connectivity index (χ4n) is 2.07. The minimum absolute atomic E-state index is 0.156. The maximum absolute atomic E-state index is 11.8. The van der Waals surface area contributed by atoms with E-state index in [0.29, 0.717) is 17.2 Å². The van der Waals surface area contributed by atoms with Crippen LogP contribution in [0.3, 0.4) is 0 Å². The highest BCUT2D eigenvalue weighted by molar-refractivity contribution is 5.86. The van der Waals surface area contributed by atoms with Gasteiger partial charge >= 0.3 is 0 Å². The van der Waals surface area contributed by atoms with E-state index in [-0.39, 0.29) is 5.91 Å². The number of rotatable bonds is 4. The van der Waals surface area contributed by atoms with E-state index >= 15 is 0 Å². The van der Waals surface area contributed by atoms with Crippen LogP contribution in [0.5, 0.6) is 17.2 Å². The second kappa shape index (κ2) is 5.20. The Morgan fingerprint density at radius 2 is 1.65 bits per heavy atom. The van der Waals surface area contributed by atoms with Crippen LogP contribution >= 0.6 is 0 Å². The number of nitrogens with one attached hydrogen (secondary N) is 1. The maximum Gasteiger partial charge on any atom is 0.254 e. The first kappa shape index (κ1) is 14.5. The molecule has 2 rings (SSSR count). The molecule has 1 heterocycles. The largest absolute Gasteiger partial charge is 0.493 e. The molecule has 1 aliphatic heterocycles. The van der Waals surface area contributed by atoms with Crippen molar-refractivity contribution in [2.75, 3.05) is 21.3 Å². The van der Waals surface area contributed by atoms with Gasteiger partial charge in [0.2, 0.25) is 5.75 Å². The van der Waals surface area contributed by atoms with Crippen molar-refractivity contribution in [1.82, 2.24) is 5.32 Å². The third kappa shape index (κ3) is 2.38. The van der Waals surface area contributed by atoms with E-state index in [1.807, 2.05) is 0 Å². The highest BCUT2D eigenvalue weighted by Crippen LogP contribution is 2.41. The van der Waals surface area contributed by atoms with Gasteiger partial charge in [-0.25, -0.2) is 0 Å². The first-order valence-electron chi connectivity index (χ1n) is 6.21. The summed E-state index contributed by atoms with van der Waals surface area (Å²) in [5.41, 5.74) is -0.121. The predicted octanol–water partition coefficient (Wildman–Crippen LogP) is 1.64. The number of hydrogen-bond acceptors (Lipinski definition) is 5. The molecular weight excluding hydrogens is 262 g/mol. The lowest BCUT2D eigenvalue weighted by Gasteiger charge is -2.18. The van der Waals surface area contributed by atoms with Crippen LogP contribution in [0.4, 0.5) is 0 Å². The minimum Gasteiger partial charge on any atom is -0.493 e. The van der Waals surface area contributed by atoms with Crippen LogP contribution in [0.1, 0.15) is 25.6 Å². The number of ether oxygens (including phenoxy) is 4. The molecule has 0 aliphatic carbocycles. The van der Waals surface area contributed by atoms with Gasteiger partial charge in [-0.1, -0.05) is 0 Å². The van der Waals surface area contributed by atoms with Gasteiger partial charge < -0.3 is 24.3 Å². The summed E-state index contributed by atoms with van der Waals surface area (Å²) >= 11 is 0. The third-order valence-electron chi connectivity index (χ3n) is 3.21. The molecule has 1 aliphatic rings. The average Bonchev–Trinajstić information content (AvgIpc) is 2.71. The summed E-state index contributed by atoms with van der Waals surface area (Å²) in [5, 5.41) is 2.79. The number of amides is 1. The lowest BCUT2D eigenvalue weighted by Crippen LogP contribution is -2.32. The monoisotopic (exact) mass is 281 g/mol. The third-order valence-corrected chi connectivity index (χ3v) is 3.21. The highest BCUT2D eigenvalue weighted by Gasteiger charge is 2.41. The van der Waals surface area contributed by atoms with Crippen LogP contribution in [0.25, 0.3) is 0 Å². The van der Waals surface area contributed by atoms with Crippen molar-refractivity contribution in [1.29, 1.82) is 0 Å². The number of hydrogen-bond donors (Lipinski definition) is 1. The lowest BCUT2D eigenvalue weighted by molar-refractivity contribution is -0.130. The predicted molar refractivity (Wildman–Crippen MR) is 72.1 cm³/mol. The van der Waals surface area contributed by atoms with Gasteiger partial charge in [-0.3, -0.25) is 4.79 Å². The Balaban J connectivity index is 2.41. The Morgan fingerprint density at radius 1 is 1.10 bits per heavy atom. The van der Waals surface area contributed by atoms with E-state index in [4.69, 9.17) is 18.9 Å².